The molecular formula is C28H37FN4O. The molecule has 6 heteroatoms. The van der Waals surface area contributed by atoms with Crippen molar-refractivity contribution >= 4 is 22.5 Å². The van der Waals surface area contributed by atoms with Gasteiger partial charge in [0, 0.05) is 49.0 Å². The molecule has 1 aromatic heterocycles. The molecule has 4 saturated carbocycles. The number of piperazine rings is 1. The van der Waals surface area contributed by atoms with Crippen molar-refractivity contribution in [2.75, 3.05) is 31.1 Å². The molecule has 5 nitrogen and oxygen atoms in total. The largest absolute Gasteiger partial charge is 0.368 e. The highest BCUT2D eigenvalue weighted by molar-refractivity contribution is 5.91. The van der Waals surface area contributed by atoms with E-state index in [1.54, 1.807) is 18.3 Å². The average Bonchev–Trinajstić information content (AvgIpc) is 2.81. The van der Waals surface area contributed by atoms with Gasteiger partial charge in [-0.3, -0.25) is 14.7 Å². The van der Waals surface area contributed by atoms with Gasteiger partial charge in [-0.1, -0.05) is 13.3 Å². The molecule has 0 spiro atoms. The highest BCUT2D eigenvalue weighted by atomic mass is 19.1. The Hall–Kier alpha value is -2.21. The summed E-state index contributed by atoms with van der Waals surface area (Å²) in [5.74, 6) is 2.53. The zero-order chi connectivity index (χ0) is 23.3. The van der Waals surface area contributed by atoms with Crippen LogP contribution in [0.15, 0.2) is 30.5 Å². The van der Waals surface area contributed by atoms with Crippen LogP contribution in [0, 0.1) is 23.6 Å². The SMILES string of the molecule is CCC[C@H](C(=O)NC12CC3CC(CC(C3)C1)C2)N1CCN(c2ccnc3ccc(F)cc23)CC1. The lowest BCUT2D eigenvalue weighted by molar-refractivity contribution is -0.132. The number of amides is 1. The van der Waals surface area contributed by atoms with E-state index in [2.05, 4.69) is 27.0 Å². The number of aromatic nitrogens is 1. The zero-order valence-corrected chi connectivity index (χ0v) is 20.3. The van der Waals surface area contributed by atoms with Crippen LogP contribution in [0.4, 0.5) is 10.1 Å². The van der Waals surface area contributed by atoms with Crippen LogP contribution in [0.3, 0.4) is 0 Å². The Morgan fingerprint density at radius 3 is 2.41 bits per heavy atom. The van der Waals surface area contributed by atoms with Crippen LogP contribution in [0.1, 0.15) is 58.3 Å². The summed E-state index contributed by atoms with van der Waals surface area (Å²) in [7, 11) is 0. The number of hydrogen-bond acceptors (Lipinski definition) is 4. The number of carbonyl (C=O) groups is 1. The molecule has 4 bridgehead atoms. The smallest absolute Gasteiger partial charge is 0.237 e. The number of nitrogens with zero attached hydrogens (tertiary/aromatic N) is 3. The molecule has 182 valence electrons. The maximum atomic E-state index is 13.9. The normalized spacial score (nSPS) is 31.7. The summed E-state index contributed by atoms with van der Waals surface area (Å²) in [5.41, 5.74) is 1.93. The Morgan fingerprint density at radius 1 is 1.09 bits per heavy atom. The summed E-state index contributed by atoms with van der Waals surface area (Å²) in [6.07, 6.45) is 11.5. The van der Waals surface area contributed by atoms with E-state index in [4.69, 9.17) is 0 Å². The van der Waals surface area contributed by atoms with Gasteiger partial charge in [0.15, 0.2) is 0 Å². The molecule has 2 aromatic rings. The second kappa shape index (κ2) is 8.78. The van der Waals surface area contributed by atoms with Gasteiger partial charge < -0.3 is 10.2 Å². The molecule has 0 radical (unpaired) electrons. The summed E-state index contributed by atoms with van der Waals surface area (Å²) in [6, 6.07) is 6.74. The van der Waals surface area contributed by atoms with E-state index in [1.165, 1.54) is 44.6 Å². The van der Waals surface area contributed by atoms with E-state index in [1.807, 2.05) is 6.07 Å². The van der Waals surface area contributed by atoms with Crippen LogP contribution in [0.5, 0.6) is 0 Å². The van der Waals surface area contributed by atoms with Gasteiger partial charge in [-0.15, -0.1) is 0 Å². The molecule has 5 aliphatic rings. The number of nitrogens with one attached hydrogen (secondary N) is 1. The Balaban J connectivity index is 1.14. The fraction of sp³-hybridized carbons (Fsp3) is 0.643. The lowest BCUT2D eigenvalue weighted by atomic mass is 9.53. The lowest BCUT2D eigenvalue weighted by Crippen LogP contribution is -2.63. The Bertz CT molecular complexity index is 1030. The van der Waals surface area contributed by atoms with Crippen molar-refractivity contribution in [2.24, 2.45) is 17.8 Å². The number of halogens is 1. The standard InChI is InChI=1S/C28H37FN4O/c1-2-3-26(27(34)31-28-16-19-12-20(17-28)14-21(13-19)18-28)33-10-8-32(9-11-33)25-6-7-30-24-5-4-22(29)15-23(24)25/h4-7,15,19-21,26H,2-3,8-14,16-18H2,1H3,(H,31,34)/t19?,20?,21?,26-,28?/m1/s1. The van der Waals surface area contributed by atoms with Crippen LogP contribution in [-0.4, -0.2) is 53.6 Å². The maximum Gasteiger partial charge on any atom is 0.237 e. The highest BCUT2D eigenvalue weighted by Gasteiger charge is 2.52. The zero-order valence-electron chi connectivity index (χ0n) is 20.3. The predicted octanol–water partition coefficient (Wildman–Crippen LogP) is 4.75. The number of benzene rings is 1. The van der Waals surface area contributed by atoms with Crippen molar-refractivity contribution in [3.63, 3.8) is 0 Å². The number of carbonyl (C=O) groups excluding carboxylic acids is 1. The molecular weight excluding hydrogens is 427 g/mol. The maximum absolute atomic E-state index is 13.9. The summed E-state index contributed by atoms with van der Waals surface area (Å²) in [5, 5.41) is 4.50. The third kappa shape index (κ3) is 4.08. The minimum atomic E-state index is -0.232. The number of hydrogen-bond donors (Lipinski definition) is 1. The van der Waals surface area contributed by atoms with Crippen LogP contribution in [-0.2, 0) is 4.79 Å². The molecule has 34 heavy (non-hydrogen) atoms. The van der Waals surface area contributed by atoms with Crippen LogP contribution >= 0.6 is 0 Å². The Morgan fingerprint density at radius 2 is 1.76 bits per heavy atom. The number of pyridine rings is 1. The van der Waals surface area contributed by atoms with Gasteiger partial charge in [-0.2, -0.15) is 0 Å². The topological polar surface area (TPSA) is 48.5 Å². The van der Waals surface area contributed by atoms with Gasteiger partial charge in [0.2, 0.25) is 5.91 Å². The molecule has 2 heterocycles. The lowest BCUT2D eigenvalue weighted by Gasteiger charge is -2.57. The molecule has 1 saturated heterocycles. The highest BCUT2D eigenvalue weighted by Crippen LogP contribution is 2.55. The molecule has 1 aliphatic heterocycles. The van der Waals surface area contributed by atoms with E-state index in [9.17, 15) is 9.18 Å². The second-order valence-corrected chi connectivity index (χ2v) is 11.5. The van der Waals surface area contributed by atoms with Gasteiger partial charge in [0.05, 0.1) is 11.6 Å². The number of rotatable bonds is 6. The van der Waals surface area contributed by atoms with E-state index in [0.717, 1.165) is 73.4 Å². The molecule has 7 rings (SSSR count). The summed E-state index contributed by atoms with van der Waals surface area (Å²) in [6.45, 7) is 5.54. The van der Waals surface area contributed by atoms with E-state index < -0.39 is 0 Å². The number of fused-ring (bicyclic) bond motifs is 1. The summed E-state index contributed by atoms with van der Waals surface area (Å²) in [4.78, 5) is 22.8. The monoisotopic (exact) mass is 464 g/mol. The van der Waals surface area contributed by atoms with Crippen molar-refractivity contribution in [3.05, 3.63) is 36.3 Å². The van der Waals surface area contributed by atoms with Gasteiger partial charge in [-0.05, 0) is 87.0 Å². The summed E-state index contributed by atoms with van der Waals surface area (Å²) >= 11 is 0. The van der Waals surface area contributed by atoms with Crippen molar-refractivity contribution < 1.29 is 9.18 Å². The third-order valence-corrected chi connectivity index (χ3v) is 9.07. The van der Waals surface area contributed by atoms with Crippen LogP contribution < -0.4 is 10.2 Å². The van der Waals surface area contributed by atoms with Gasteiger partial charge in [-0.25, -0.2) is 4.39 Å². The predicted molar refractivity (Wildman–Crippen MR) is 133 cm³/mol. The first-order valence-electron chi connectivity index (χ1n) is 13.4. The quantitative estimate of drug-likeness (QED) is 0.670. The molecule has 5 fully saturated rings. The fourth-order valence-electron chi connectivity index (χ4n) is 8.02. The van der Waals surface area contributed by atoms with E-state index in [-0.39, 0.29) is 23.3 Å². The van der Waals surface area contributed by atoms with Crippen LogP contribution in [0.2, 0.25) is 0 Å². The molecule has 1 aromatic carbocycles. The first-order valence-corrected chi connectivity index (χ1v) is 13.4. The first-order chi connectivity index (χ1) is 16.5. The fourth-order valence-corrected chi connectivity index (χ4v) is 8.02. The molecule has 0 unspecified atom stereocenters. The van der Waals surface area contributed by atoms with Gasteiger partial charge in [0.25, 0.3) is 0 Å². The van der Waals surface area contributed by atoms with E-state index >= 15 is 0 Å². The molecule has 1 atom stereocenters. The molecule has 1 N–H and O–H groups in total. The molecule has 1 amide bonds. The Labute approximate surface area is 202 Å². The minimum Gasteiger partial charge on any atom is -0.368 e. The van der Waals surface area contributed by atoms with Crippen molar-refractivity contribution in [2.45, 2.75) is 69.9 Å². The van der Waals surface area contributed by atoms with E-state index in [0.29, 0.717) is 0 Å². The second-order valence-electron chi connectivity index (χ2n) is 11.5. The number of anilines is 1. The van der Waals surface area contributed by atoms with Crippen molar-refractivity contribution in [1.82, 2.24) is 15.2 Å². The average molecular weight is 465 g/mol. The van der Waals surface area contributed by atoms with Crippen molar-refractivity contribution in [3.8, 4) is 0 Å². The summed E-state index contributed by atoms with van der Waals surface area (Å²) < 4.78 is 13.9. The van der Waals surface area contributed by atoms with Gasteiger partial charge in [0.1, 0.15) is 5.82 Å². The molecule has 4 aliphatic carbocycles. The first kappa shape index (κ1) is 22.3. The Kier molecular flexibility index (Phi) is 5.75. The third-order valence-electron chi connectivity index (χ3n) is 9.07. The van der Waals surface area contributed by atoms with Crippen molar-refractivity contribution in [1.29, 1.82) is 0 Å². The minimum absolute atomic E-state index is 0.0493. The van der Waals surface area contributed by atoms with Crippen LogP contribution in [0.25, 0.3) is 10.9 Å². The van der Waals surface area contributed by atoms with Gasteiger partial charge >= 0.3 is 0 Å².